The Labute approximate surface area is 81.5 Å². The van der Waals surface area contributed by atoms with Crippen LogP contribution in [-0.2, 0) is 11.2 Å². The van der Waals surface area contributed by atoms with E-state index in [4.69, 9.17) is 10.8 Å². The lowest BCUT2D eigenvalue weighted by atomic mass is 10.2. The Morgan fingerprint density at radius 1 is 1.79 bits per heavy atom. The molecule has 14 heavy (non-hydrogen) atoms. The van der Waals surface area contributed by atoms with Crippen molar-refractivity contribution in [3.8, 4) is 0 Å². The summed E-state index contributed by atoms with van der Waals surface area (Å²) in [5, 5.41) is 8.67. The van der Waals surface area contributed by atoms with Crippen molar-refractivity contribution in [3.63, 3.8) is 0 Å². The second-order valence-corrected chi connectivity index (χ2v) is 3.67. The van der Waals surface area contributed by atoms with E-state index in [1.807, 2.05) is 4.57 Å². The average Bonchev–Trinajstić information content (AvgIpc) is 2.88. The predicted molar refractivity (Wildman–Crippen MR) is 49.8 cm³/mol. The molecule has 76 valence electrons. The maximum Gasteiger partial charge on any atom is 0.320 e. The van der Waals surface area contributed by atoms with Crippen LogP contribution in [0.2, 0.25) is 0 Å². The fourth-order valence-corrected chi connectivity index (χ4v) is 1.48. The molecule has 0 bridgehead atoms. The molecule has 1 saturated carbocycles. The molecule has 5 heteroatoms. The highest BCUT2D eigenvalue weighted by atomic mass is 16.4. The fraction of sp³-hybridized carbons (Fsp3) is 0.556. The zero-order chi connectivity index (χ0) is 10.1. The number of aliphatic carboxylic acids is 1. The van der Waals surface area contributed by atoms with Crippen LogP contribution in [0.5, 0.6) is 0 Å². The number of hydrogen-bond acceptors (Lipinski definition) is 3. The Hall–Kier alpha value is -1.36. The minimum absolute atomic E-state index is 0.353. The van der Waals surface area contributed by atoms with Gasteiger partial charge in [-0.05, 0) is 12.8 Å². The van der Waals surface area contributed by atoms with Gasteiger partial charge in [-0.1, -0.05) is 0 Å². The third kappa shape index (κ3) is 1.77. The topological polar surface area (TPSA) is 81.1 Å². The maximum absolute atomic E-state index is 10.6. The second kappa shape index (κ2) is 3.42. The van der Waals surface area contributed by atoms with E-state index in [-0.39, 0.29) is 0 Å². The molecule has 1 atom stereocenters. The summed E-state index contributed by atoms with van der Waals surface area (Å²) >= 11 is 0. The van der Waals surface area contributed by atoms with Crippen LogP contribution in [0.4, 0.5) is 0 Å². The van der Waals surface area contributed by atoms with Gasteiger partial charge < -0.3 is 15.4 Å². The molecule has 0 radical (unpaired) electrons. The van der Waals surface area contributed by atoms with E-state index in [9.17, 15) is 4.79 Å². The van der Waals surface area contributed by atoms with Gasteiger partial charge >= 0.3 is 5.97 Å². The largest absolute Gasteiger partial charge is 0.480 e. The zero-order valence-corrected chi connectivity index (χ0v) is 7.76. The first kappa shape index (κ1) is 9.21. The Morgan fingerprint density at radius 2 is 2.50 bits per heavy atom. The third-order valence-corrected chi connectivity index (χ3v) is 2.43. The first-order valence-electron chi connectivity index (χ1n) is 4.67. The highest BCUT2D eigenvalue weighted by molar-refractivity contribution is 5.73. The van der Waals surface area contributed by atoms with Crippen molar-refractivity contribution in [3.05, 3.63) is 18.2 Å². The Kier molecular flexibility index (Phi) is 2.25. The lowest BCUT2D eigenvalue weighted by Gasteiger charge is -2.08. The molecule has 1 heterocycles. The van der Waals surface area contributed by atoms with Gasteiger partial charge in [-0.3, -0.25) is 4.79 Å². The second-order valence-electron chi connectivity index (χ2n) is 3.67. The van der Waals surface area contributed by atoms with Crippen LogP contribution in [0.25, 0.3) is 0 Å². The van der Waals surface area contributed by atoms with Crippen molar-refractivity contribution in [2.75, 3.05) is 0 Å². The normalized spacial score (nSPS) is 18.1. The molecule has 0 unspecified atom stereocenters. The van der Waals surface area contributed by atoms with Gasteiger partial charge in [0.05, 0.1) is 6.33 Å². The molecule has 0 saturated heterocycles. The summed E-state index contributed by atoms with van der Waals surface area (Å²) < 4.78 is 2.03. The number of nitrogens with zero attached hydrogens (tertiary/aromatic N) is 2. The minimum Gasteiger partial charge on any atom is -0.480 e. The Balaban J connectivity index is 2.08. The molecule has 1 aromatic heterocycles. The summed E-state index contributed by atoms with van der Waals surface area (Å²) in [4.78, 5) is 14.6. The summed E-state index contributed by atoms with van der Waals surface area (Å²) in [6, 6.07) is -0.308. The lowest BCUT2D eigenvalue weighted by molar-refractivity contribution is -0.138. The van der Waals surface area contributed by atoms with Crippen molar-refractivity contribution in [1.29, 1.82) is 0 Å². The number of aromatic nitrogens is 2. The highest BCUT2D eigenvalue weighted by Crippen LogP contribution is 2.35. The molecule has 0 aliphatic heterocycles. The van der Waals surface area contributed by atoms with Crippen LogP contribution in [0.3, 0.4) is 0 Å². The van der Waals surface area contributed by atoms with Gasteiger partial charge in [-0.2, -0.15) is 0 Å². The standard InChI is InChI=1S/C9H13N3O2/c10-8(9(13)14)3-7-4-11-5-12(7)6-1-2-6/h4-6,8H,1-3,10H2,(H,13,14)/t8-/m1/s1. The van der Waals surface area contributed by atoms with E-state index in [1.165, 1.54) is 0 Å². The molecular weight excluding hydrogens is 182 g/mol. The van der Waals surface area contributed by atoms with E-state index in [1.54, 1.807) is 12.5 Å². The summed E-state index contributed by atoms with van der Waals surface area (Å²) in [5.74, 6) is -0.964. The molecule has 2 rings (SSSR count). The molecule has 0 spiro atoms. The number of nitrogens with two attached hydrogens (primary N) is 1. The maximum atomic E-state index is 10.6. The van der Waals surface area contributed by atoms with E-state index in [0.717, 1.165) is 18.5 Å². The SMILES string of the molecule is N[C@H](Cc1cncn1C1CC1)C(=O)O. The van der Waals surface area contributed by atoms with Gasteiger partial charge in [-0.25, -0.2) is 4.98 Å². The van der Waals surface area contributed by atoms with Crippen LogP contribution in [0.15, 0.2) is 12.5 Å². The lowest BCUT2D eigenvalue weighted by Crippen LogP contribution is -2.32. The van der Waals surface area contributed by atoms with Gasteiger partial charge in [0.1, 0.15) is 6.04 Å². The number of imidazole rings is 1. The molecule has 1 aliphatic carbocycles. The van der Waals surface area contributed by atoms with E-state index >= 15 is 0 Å². The first-order valence-corrected chi connectivity index (χ1v) is 4.67. The van der Waals surface area contributed by atoms with Crippen molar-refractivity contribution >= 4 is 5.97 Å². The van der Waals surface area contributed by atoms with Crippen LogP contribution < -0.4 is 5.73 Å². The Bertz CT molecular complexity index is 344. The highest BCUT2D eigenvalue weighted by Gasteiger charge is 2.26. The predicted octanol–water partition coefficient (Wildman–Crippen LogP) is 0.172. The minimum atomic E-state index is -0.964. The number of carbonyl (C=O) groups is 1. The third-order valence-electron chi connectivity index (χ3n) is 2.43. The average molecular weight is 195 g/mol. The molecule has 0 amide bonds. The molecule has 1 aromatic rings. The van der Waals surface area contributed by atoms with E-state index < -0.39 is 12.0 Å². The molecule has 5 nitrogen and oxygen atoms in total. The van der Waals surface area contributed by atoms with Crippen LogP contribution in [0.1, 0.15) is 24.6 Å². The van der Waals surface area contributed by atoms with Gasteiger partial charge in [0, 0.05) is 24.4 Å². The van der Waals surface area contributed by atoms with Gasteiger partial charge in [0.25, 0.3) is 0 Å². The fourth-order valence-electron chi connectivity index (χ4n) is 1.48. The van der Waals surface area contributed by atoms with Gasteiger partial charge in [-0.15, -0.1) is 0 Å². The molecule has 3 N–H and O–H groups in total. The molecule has 0 aromatic carbocycles. The monoisotopic (exact) mass is 195 g/mol. The van der Waals surface area contributed by atoms with Gasteiger partial charge in [0.2, 0.25) is 0 Å². The van der Waals surface area contributed by atoms with E-state index in [2.05, 4.69) is 4.98 Å². The molecule has 1 aliphatic rings. The quantitative estimate of drug-likeness (QED) is 0.717. The van der Waals surface area contributed by atoms with Crippen molar-refractivity contribution in [2.24, 2.45) is 5.73 Å². The smallest absolute Gasteiger partial charge is 0.320 e. The summed E-state index contributed by atoms with van der Waals surface area (Å²) in [6.45, 7) is 0. The van der Waals surface area contributed by atoms with Crippen molar-refractivity contribution in [2.45, 2.75) is 31.3 Å². The van der Waals surface area contributed by atoms with Crippen molar-refractivity contribution < 1.29 is 9.90 Å². The number of hydrogen-bond donors (Lipinski definition) is 2. The first-order chi connectivity index (χ1) is 6.68. The van der Waals surface area contributed by atoms with Crippen LogP contribution in [-0.4, -0.2) is 26.7 Å². The zero-order valence-electron chi connectivity index (χ0n) is 7.76. The number of carboxylic acid groups (broad SMARTS) is 1. The molecule has 1 fully saturated rings. The number of rotatable bonds is 4. The van der Waals surface area contributed by atoms with Crippen LogP contribution in [0, 0.1) is 0 Å². The van der Waals surface area contributed by atoms with Gasteiger partial charge in [0.15, 0.2) is 0 Å². The Morgan fingerprint density at radius 3 is 3.07 bits per heavy atom. The number of carboxylic acids is 1. The molecular formula is C9H13N3O2. The summed E-state index contributed by atoms with van der Waals surface area (Å²) in [7, 11) is 0. The van der Waals surface area contributed by atoms with Crippen molar-refractivity contribution in [1.82, 2.24) is 9.55 Å². The summed E-state index contributed by atoms with van der Waals surface area (Å²) in [5.41, 5.74) is 6.38. The van der Waals surface area contributed by atoms with E-state index in [0.29, 0.717) is 12.5 Å². The van der Waals surface area contributed by atoms with Crippen LogP contribution >= 0.6 is 0 Å². The summed E-state index contributed by atoms with van der Waals surface area (Å²) in [6.07, 6.45) is 6.12.